The van der Waals surface area contributed by atoms with E-state index in [-0.39, 0.29) is 10.9 Å². The van der Waals surface area contributed by atoms with Crippen molar-refractivity contribution in [2.45, 2.75) is 30.7 Å². The molecule has 0 spiro atoms. The van der Waals surface area contributed by atoms with Gasteiger partial charge in [-0.15, -0.1) is 0 Å². The van der Waals surface area contributed by atoms with Crippen molar-refractivity contribution in [3.63, 3.8) is 0 Å². The van der Waals surface area contributed by atoms with Crippen LogP contribution in [0.4, 0.5) is 0 Å². The second kappa shape index (κ2) is 6.54. The van der Waals surface area contributed by atoms with E-state index in [4.69, 9.17) is 5.73 Å². The molecule has 2 N–H and O–H groups in total. The number of rotatable bonds is 3. The van der Waals surface area contributed by atoms with E-state index in [2.05, 4.69) is 4.98 Å². The van der Waals surface area contributed by atoms with Crippen LogP contribution >= 0.6 is 0 Å². The van der Waals surface area contributed by atoms with Gasteiger partial charge in [0, 0.05) is 29.4 Å². The molecule has 0 aliphatic heterocycles. The van der Waals surface area contributed by atoms with Crippen molar-refractivity contribution in [2.24, 2.45) is 5.73 Å². The van der Waals surface area contributed by atoms with E-state index in [1.807, 2.05) is 37.3 Å². The van der Waals surface area contributed by atoms with Crippen molar-refractivity contribution in [2.75, 3.05) is 0 Å². The third-order valence-corrected chi connectivity index (χ3v) is 7.51. The fourth-order valence-electron chi connectivity index (χ4n) is 4.32. The Hall–Kier alpha value is -2.96. The Bertz CT molecular complexity index is 1340. The lowest BCUT2D eigenvalue weighted by molar-refractivity contribution is 0.589. The molecule has 0 unspecified atom stereocenters. The summed E-state index contributed by atoms with van der Waals surface area (Å²) in [6.07, 6.45) is 5.19. The molecule has 0 bridgehead atoms. The molecule has 1 atom stereocenters. The number of nitrogens with zero attached hydrogens (tertiary/aromatic N) is 2. The van der Waals surface area contributed by atoms with Crippen LogP contribution in [0.25, 0.3) is 22.2 Å². The standard InChI is InChI=1S/C23H21N3O2S/c1-15-14-25-12-11-17(15)23-13-20-18-7-9-21(24)19(18)8-10-22(20)26(23)29(27,28)16-5-3-2-4-6-16/h2-6,8,10-14,21H,7,9,24H2,1H3/t21-/m1/s1. The molecule has 2 aromatic heterocycles. The molecule has 0 saturated carbocycles. The Morgan fingerprint density at radius 2 is 1.90 bits per heavy atom. The van der Waals surface area contributed by atoms with E-state index in [0.717, 1.165) is 40.5 Å². The highest BCUT2D eigenvalue weighted by Crippen LogP contribution is 2.40. The Labute approximate surface area is 169 Å². The summed E-state index contributed by atoms with van der Waals surface area (Å²) in [6.45, 7) is 1.94. The highest BCUT2D eigenvalue weighted by molar-refractivity contribution is 7.90. The van der Waals surface area contributed by atoms with Crippen molar-refractivity contribution < 1.29 is 8.42 Å². The van der Waals surface area contributed by atoms with Gasteiger partial charge in [-0.2, -0.15) is 0 Å². The first-order valence-corrected chi connectivity index (χ1v) is 11.1. The van der Waals surface area contributed by atoms with Crippen LogP contribution in [0.5, 0.6) is 0 Å². The highest BCUT2D eigenvalue weighted by Gasteiger charge is 2.28. The van der Waals surface area contributed by atoms with E-state index in [0.29, 0.717) is 11.2 Å². The topological polar surface area (TPSA) is 78.0 Å². The SMILES string of the molecule is Cc1cnccc1-c1cc2c3c(ccc2n1S(=O)(=O)c1ccccc1)[C@H](N)CC3. The number of hydrogen-bond donors (Lipinski definition) is 1. The summed E-state index contributed by atoms with van der Waals surface area (Å²) in [4.78, 5) is 4.43. The van der Waals surface area contributed by atoms with Gasteiger partial charge in [-0.25, -0.2) is 12.4 Å². The van der Waals surface area contributed by atoms with Crippen molar-refractivity contribution in [3.8, 4) is 11.3 Å². The fourth-order valence-corrected chi connectivity index (χ4v) is 5.86. The fraction of sp³-hybridized carbons (Fsp3) is 0.174. The van der Waals surface area contributed by atoms with E-state index < -0.39 is 10.0 Å². The van der Waals surface area contributed by atoms with Crippen LogP contribution in [0.1, 0.15) is 29.2 Å². The predicted molar refractivity (Wildman–Crippen MR) is 114 cm³/mol. The van der Waals surface area contributed by atoms with Gasteiger partial charge in [0.05, 0.1) is 16.1 Å². The van der Waals surface area contributed by atoms with Crippen LogP contribution < -0.4 is 5.73 Å². The third-order valence-electron chi connectivity index (χ3n) is 5.77. The Morgan fingerprint density at radius 1 is 1.10 bits per heavy atom. The normalized spacial score (nSPS) is 16.3. The number of aryl methyl sites for hydroxylation is 2. The molecule has 2 heterocycles. The predicted octanol–water partition coefficient (Wildman–Crippen LogP) is 4.19. The van der Waals surface area contributed by atoms with Crippen molar-refractivity contribution in [3.05, 3.63) is 83.7 Å². The molecule has 0 fully saturated rings. The molecule has 146 valence electrons. The molecule has 0 amide bonds. The maximum Gasteiger partial charge on any atom is 0.268 e. The van der Waals surface area contributed by atoms with Gasteiger partial charge < -0.3 is 5.73 Å². The summed E-state index contributed by atoms with van der Waals surface area (Å²) < 4.78 is 28.9. The first-order valence-electron chi connectivity index (χ1n) is 9.63. The zero-order valence-corrected chi connectivity index (χ0v) is 16.9. The van der Waals surface area contributed by atoms with E-state index in [1.165, 1.54) is 3.97 Å². The number of nitrogens with two attached hydrogens (primary N) is 1. The smallest absolute Gasteiger partial charge is 0.268 e. The second-order valence-electron chi connectivity index (χ2n) is 7.51. The quantitative estimate of drug-likeness (QED) is 0.556. The molecular formula is C23H21N3O2S. The maximum atomic E-state index is 13.7. The Balaban J connectivity index is 1.89. The number of fused-ring (bicyclic) bond motifs is 3. The van der Waals surface area contributed by atoms with Gasteiger partial charge in [0.1, 0.15) is 0 Å². The first-order chi connectivity index (χ1) is 14.0. The van der Waals surface area contributed by atoms with Gasteiger partial charge in [0.2, 0.25) is 0 Å². The molecular weight excluding hydrogens is 382 g/mol. The zero-order chi connectivity index (χ0) is 20.2. The van der Waals surface area contributed by atoms with Gasteiger partial charge in [0.25, 0.3) is 10.0 Å². The van der Waals surface area contributed by atoms with Gasteiger partial charge >= 0.3 is 0 Å². The van der Waals surface area contributed by atoms with Gasteiger partial charge in [0.15, 0.2) is 0 Å². The van der Waals surface area contributed by atoms with Crippen LogP contribution in [0.3, 0.4) is 0 Å². The van der Waals surface area contributed by atoms with Crippen LogP contribution in [0.15, 0.2) is 71.9 Å². The Morgan fingerprint density at radius 3 is 2.66 bits per heavy atom. The largest absolute Gasteiger partial charge is 0.324 e. The van der Waals surface area contributed by atoms with Crippen molar-refractivity contribution in [1.29, 1.82) is 0 Å². The van der Waals surface area contributed by atoms with Gasteiger partial charge in [-0.05, 0) is 66.8 Å². The first kappa shape index (κ1) is 18.1. The highest BCUT2D eigenvalue weighted by atomic mass is 32.2. The lowest BCUT2D eigenvalue weighted by atomic mass is 10.0. The van der Waals surface area contributed by atoms with Crippen LogP contribution in [-0.2, 0) is 16.4 Å². The lowest BCUT2D eigenvalue weighted by Gasteiger charge is -2.14. The van der Waals surface area contributed by atoms with Crippen molar-refractivity contribution in [1.82, 2.24) is 8.96 Å². The lowest BCUT2D eigenvalue weighted by Crippen LogP contribution is -2.14. The van der Waals surface area contributed by atoms with Crippen LogP contribution in [0.2, 0.25) is 0 Å². The maximum absolute atomic E-state index is 13.7. The molecule has 1 aliphatic carbocycles. The summed E-state index contributed by atoms with van der Waals surface area (Å²) in [5.41, 5.74) is 11.7. The molecule has 0 saturated heterocycles. The summed E-state index contributed by atoms with van der Waals surface area (Å²) in [5.74, 6) is 0. The summed E-state index contributed by atoms with van der Waals surface area (Å²) >= 11 is 0. The summed E-state index contributed by atoms with van der Waals surface area (Å²) in [5, 5.41) is 0.959. The van der Waals surface area contributed by atoms with E-state index >= 15 is 0 Å². The van der Waals surface area contributed by atoms with Gasteiger partial charge in [-0.1, -0.05) is 24.3 Å². The minimum atomic E-state index is -3.78. The van der Waals surface area contributed by atoms with E-state index in [9.17, 15) is 8.42 Å². The average molecular weight is 404 g/mol. The number of benzene rings is 2. The molecule has 6 heteroatoms. The average Bonchev–Trinajstić information content (AvgIpc) is 3.30. The summed E-state index contributed by atoms with van der Waals surface area (Å²) in [7, 11) is -3.78. The van der Waals surface area contributed by atoms with E-state index in [1.54, 1.807) is 36.7 Å². The molecule has 0 radical (unpaired) electrons. The second-order valence-corrected chi connectivity index (χ2v) is 9.30. The third kappa shape index (κ3) is 2.71. The summed E-state index contributed by atoms with van der Waals surface area (Å²) in [6, 6.07) is 16.3. The molecule has 5 rings (SSSR count). The molecule has 29 heavy (non-hydrogen) atoms. The minimum absolute atomic E-state index is 0.00888. The van der Waals surface area contributed by atoms with Gasteiger partial charge in [-0.3, -0.25) is 4.98 Å². The van der Waals surface area contributed by atoms with Crippen LogP contribution in [-0.4, -0.2) is 17.4 Å². The molecule has 4 aromatic rings. The van der Waals surface area contributed by atoms with Crippen LogP contribution in [0, 0.1) is 6.92 Å². The zero-order valence-electron chi connectivity index (χ0n) is 16.0. The Kier molecular flexibility index (Phi) is 4.08. The minimum Gasteiger partial charge on any atom is -0.324 e. The number of hydrogen-bond acceptors (Lipinski definition) is 4. The number of aromatic nitrogens is 2. The molecule has 1 aliphatic rings. The molecule has 5 nitrogen and oxygen atoms in total. The van der Waals surface area contributed by atoms with Crippen molar-refractivity contribution >= 4 is 20.9 Å². The molecule has 2 aromatic carbocycles. The monoisotopic (exact) mass is 403 g/mol. The number of pyridine rings is 1.